The van der Waals surface area contributed by atoms with Crippen molar-refractivity contribution in [2.45, 2.75) is 95.6 Å². The Morgan fingerprint density at radius 1 is 0.831 bits per heavy atom. The first kappa shape index (κ1) is 40.0. The molecule has 3 N–H and O–H groups in total. The smallest absolute Gasteiger partial charge is 0.407 e. The van der Waals surface area contributed by atoms with Gasteiger partial charge in [0.05, 0.1) is 43.4 Å². The second-order valence-corrected chi connectivity index (χ2v) is 16.6. The molecule has 0 unspecified atom stereocenters. The van der Waals surface area contributed by atoms with Crippen LogP contribution in [0.5, 0.6) is 0 Å². The third-order valence-electron chi connectivity index (χ3n) is 12.8. The van der Waals surface area contributed by atoms with Gasteiger partial charge in [0.1, 0.15) is 17.9 Å². The maximum Gasteiger partial charge on any atom is 0.407 e. The molecule has 1 aliphatic carbocycles. The minimum Gasteiger partial charge on any atom is -0.453 e. The Morgan fingerprint density at radius 3 is 2.25 bits per heavy atom. The summed E-state index contributed by atoms with van der Waals surface area (Å²) in [6, 6.07) is 17.2. The van der Waals surface area contributed by atoms with Crippen molar-refractivity contribution in [3.63, 3.8) is 0 Å². The maximum absolute atomic E-state index is 14.1. The number of nitrogens with zero attached hydrogens (tertiary/aromatic N) is 4. The molecule has 3 fully saturated rings. The first-order valence-electron chi connectivity index (χ1n) is 20.6. The van der Waals surface area contributed by atoms with E-state index in [-0.39, 0.29) is 41.8 Å². The number of hydrogen-bond donors (Lipinski definition) is 3. The van der Waals surface area contributed by atoms with Crippen molar-refractivity contribution in [2.24, 2.45) is 16.8 Å². The van der Waals surface area contributed by atoms with Gasteiger partial charge in [-0.1, -0.05) is 56.3 Å². The lowest BCUT2D eigenvalue weighted by Crippen LogP contribution is -2.56. The van der Waals surface area contributed by atoms with Crippen LogP contribution < -0.4 is 10.6 Å². The van der Waals surface area contributed by atoms with Gasteiger partial charge >= 0.3 is 12.2 Å². The fraction of sp³-hybridized carbons (Fsp3) is 0.467. The summed E-state index contributed by atoms with van der Waals surface area (Å²) in [5.41, 5.74) is 7.09. The van der Waals surface area contributed by atoms with E-state index >= 15 is 0 Å². The first-order chi connectivity index (χ1) is 28.5. The zero-order valence-electron chi connectivity index (χ0n) is 34.5. The number of H-pyrrole nitrogens is 1. The van der Waals surface area contributed by atoms with Gasteiger partial charge < -0.3 is 39.6 Å². The van der Waals surface area contributed by atoms with E-state index in [0.29, 0.717) is 13.0 Å². The van der Waals surface area contributed by atoms with Gasteiger partial charge in [0, 0.05) is 43.4 Å². The summed E-state index contributed by atoms with van der Waals surface area (Å²) >= 11 is 0. The van der Waals surface area contributed by atoms with Crippen molar-refractivity contribution < 1.29 is 33.4 Å². The van der Waals surface area contributed by atoms with Crippen molar-refractivity contribution in [3.8, 4) is 11.1 Å². The van der Waals surface area contributed by atoms with Gasteiger partial charge in [-0.25, -0.2) is 14.6 Å². The Balaban J connectivity index is 0.973. The Hall–Kier alpha value is -5.76. The quantitative estimate of drug-likeness (QED) is 0.150. The second-order valence-electron chi connectivity index (χ2n) is 16.6. The summed E-state index contributed by atoms with van der Waals surface area (Å²) in [7, 11) is 4.11. The molecule has 4 aliphatic rings. The molecule has 3 aromatic carbocycles. The number of likely N-dealkylation sites (tertiary alicyclic amines) is 2. The van der Waals surface area contributed by atoms with Gasteiger partial charge in [0.25, 0.3) is 0 Å². The van der Waals surface area contributed by atoms with Gasteiger partial charge in [0.2, 0.25) is 11.8 Å². The SMILES string of the molecule is COC(=O)N[C@H](C(=O)N1CCC[C@H]1C1=NC=C(c2ccc(-c3ccc4c(ccc5[nH]c([C@@H]6[C@H]7CC[C@H](C7)N6C(=O)[C@@H](NC(=O)OC)[C@@H](C)OC)nc54)c3)cc2)C1)C(C)C. The number of nitrogens with one attached hydrogen (secondary N) is 3. The van der Waals surface area contributed by atoms with Crippen LogP contribution in [-0.2, 0) is 23.8 Å². The van der Waals surface area contributed by atoms with Crippen LogP contribution >= 0.6 is 0 Å². The van der Waals surface area contributed by atoms with Crippen LogP contribution in [-0.4, -0.2) is 108 Å². The van der Waals surface area contributed by atoms with E-state index in [0.717, 1.165) is 87.7 Å². The second kappa shape index (κ2) is 16.5. The number of hydrogen-bond acceptors (Lipinski definition) is 9. The van der Waals surface area contributed by atoms with E-state index < -0.39 is 30.4 Å². The van der Waals surface area contributed by atoms with E-state index in [1.807, 2.05) is 29.8 Å². The molecule has 59 heavy (non-hydrogen) atoms. The lowest BCUT2D eigenvalue weighted by Gasteiger charge is -2.37. The molecule has 0 spiro atoms. The Kier molecular flexibility index (Phi) is 11.2. The lowest BCUT2D eigenvalue weighted by molar-refractivity contribution is -0.141. The number of allylic oxidation sites excluding steroid dienone is 1. The number of amides is 4. The average Bonchev–Trinajstić information content (AvgIpc) is 4.11. The number of aliphatic imine (C=N–C) groups is 1. The molecular weight excluding hydrogens is 751 g/mol. The van der Waals surface area contributed by atoms with Crippen molar-refractivity contribution in [2.75, 3.05) is 27.9 Å². The maximum atomic E-state index is 14.1. The van der Waals surface area contributed by atoms with Crippen LogP contribution in [0.15, 0.2) is 65.8 Å². The Labute approximate surface area is 343 Å². The number of fused-ring (bicyclic) bond motifs is 5. The summed E-state index contributed by atoms with van der Waals surface area (Å²) in [5, 5.41) is 7.50. The van der Waals surface area contributed by atoms with Crippen LogP contribution in [0.25, 0.3) is 38.5 Å². The van der Waals surface area contributed by atoms with Crippen LogP contribution in [0.3, 0.4) is 0 Å². The van der Waals surface area contributed by atoms with Gasteiger partial charge in [-0.3, -0.25) is 14.6 Å². The zero-order valence-corrected chi connectivity index (χ0v) is 34.5. The number of carbonyl (C=O) groups is 4. The molecule has 4 aromatic rings. The minimum atomic E-state index is -0.894. The number of piperidine rings is 1. The molecular formula is C45H53N7O7. The van der Waals surface area contributed by atoms with Crippen molar-refractivity contribution >= 4 is 57.1 Å². The summed E-state index contributed by atoms with van der Waals surface area (Å²) in [6.45, 7) is 6.23. The highest BCUT2D eigenvalue weighted by molar-refractivity contribution is 6.06. The Morgan fingerprint density at radius 2 is 1.54 bits per heavy atom. The van der Waals surface area contributed by atoms with Crippen LogP contribution in [0.1, 0.15) is 76.7 Å². The number of aromatic amines is 1. The third kappa shape index (κ3) is 7.54. The van der Waals surface area contributed by atoms with Crippen molar-refractivity contribution in [3.05, 3.63) is 72.2 Å². The molecule has 2 saturated heterocycles. The number of imidazole rings is 1. The van der Waals surface area contributed by atoms with Gasteiger partial charge in [-0.15, -0.1) is 0 Å². The minimum absolute atomic E-state index is 0.0659. The number of carbonyl (C=O) groups excluding carboxylic acids is 4. The zero-order chi connectivity index (χ0) is 41.5. The number of alkyl carbamates (subject to hydrolysis) is 2. The predicted molar refractivity (Wildman–Crippen MR) is 224 cm³/mol. The monoisotopic (exact) mass is 803 g/mol. The van der Waals surface area contributed by atoms with Crippen LogP contribution in [0.2, 0.25) is 0 Å². The molecule has 1 aromatic heterocycles. The third-order valence-corrected chi connectivity index (χ3v) is 12.8. The largest absolute Gasteiger partial charge is 0.453 e. The highest BCUT2D eigenvalue weighted by Gasteiger charge is 2.52. The molecule has 2 bridgehead atoms. The number of aromatic nitrogens is 2. The Bertz CT molecular complexity index is 2340. The molecule has 4 amide bonds. The predicted octanol–water partition coefficient (Wildman–Crippen LogP) is 6.75. The molecule has 7 atom stereocenters. The van der Waals surface area contributed by atoms with E-state index in [1.165, 1.54) is 21.3 Å². The highest BCUT2D eigenvalue weighted by Crippen LogP contribution is 2.50. The fourth-order valence-electron chi connectivity index (χ4n) is 9.62. The first-order valence-corrected chi connectivity index (χ1v) is 20.6. The van der Waals surface area contributed by atoms with E-state index in [2.05, 4.69) is 70.2 Å². The fourth-order valence-corrected chi connectivity index (χ4v) is 9.62. The number of benzene rings is 3. The highest BCUT2D eigenvalue weighted by atomic mass is 16.5. The molecule has 1 saturated carbocycles. The van der Waals surface area contributed by atoms with Crippen LogP contribution in [0.4, 0.5) is 9.59 Å². The number of rotatable bonds is 11. The van der Waals surface area contributed by atoms with Gasteiger partial charge in [0.15, 0.2) is 0 Å². The van der Waals surface area contributed by atoms with Crippen LogP contribution in [0, 0.1) is 11.8 Å². The molecule has 4 heterocycles. The standard InChI is InChI=1S/C45H53N7O7/c1-24(2)37(49-44(55)58-5)42(53)51-19-7-8-36(51)35-22-31(23-46-35)27-11-9-26(10-12-27)28-14-17-33-29(20-28)15-18-34-39(33)48-41(47-34)40-30-13-16-32(21-30)52(40)43(54)38(25(3)57-4)50-45(56)59-6/h9-12,14-15,17-18,20,23-25,30,32,36-38,40H,7-8,13,16,19,21-22H2,1-6H3,(H,47,48)(H,49,55)(H,50,56)/t25-,30+,32-,36+,37+,38+,40+/m1/s1. The topological polar surface area (TPSA) is 168 Å². The summed E-state index contributed by atoms with van der Waals surface area (Å²) in [4.78, 5) is 69.3. The number of methoxy groups -OCH3 is 3. The summed E-state index contributed by atoms with van der Waals surface area (Å²) in [6.07, 6.45) is 5.28. The summed E-state index contributed by atoms with van der Waals surface area (Å²) in [5.74, 6) is 0.632. The number of ether oxygens (including phenoxy) is 3. The molecule has 310 valence electrons. The van der Waals surface area contributed by atoms with Crippen molar-refractivity contribution in [1.82, 2.24) is 30.4 Å². The van der Waals surface area contributed by atoms with Gasteiger partial charge in [-0.2, -0.15) is 0 Å². The van der Waals surface area contributed by atoms with Gasteiger partial charge in [-0.05, 0) is 90.6 Å². The molecule has 8 rings (SSSR count). The molecule has 3 aliphatic heterocycles. The normalized spacial score (nSPS) is 22.7. The molecule has 0 radical (unpaired) electrons. The molecule has 14 nitrogen and oxygen atoms in total. The summed E-state index contributed by atoms with van der Waals surface area (Å²) < 4.78 is 15.1. The van der Waals surface area contributed by atoms with E-state index in [4.69, 9.17) is 24.2 Å². The average molecular weight is 804 g/mol. The lowest BCUT2D eigenvalue weighted by atomic mass is 9.95. The van der Waals surface area contributed by atoms with E-state index in [9.17, 15) is 19.2 Å². The van der Waals surface area contributed by atoms with Crippen molar-refractivity contribution in [1.29, 1.82) is 0 Å². The van der Waals surface area contributed by atoms with E-state index in [1.54, 1.807) is 6.92 Å². The molecule has 14 heteroatoms.